The van der Waals surface area contributed by atoms with Gasteiger partial charge in [0.25, 0.3) is 0 Å². The highest BCUT2D eigenvalue weighted by Gasteiger charge is 2.27. The second kappa shape index (κ2) is 9.61. The summed E-state index contributed by atoms with van der Waals surface area (Å²) in [5.41, 5.74) is 0.854. The van der Waals surface area contributed by atoms with Crippen molar-refractivity contribution < 1.29 is 22.7 Å². The molecule has 29 heavy (non-hydrogen) atoms. The third kappa shape index (κ3) is 5.29. The van der Waals surface area contributed by atoms with Crippen molar-refractivity contribution in [1.82, 2.24) is 4.31 Å². The summed E-state index contributed by atoms with van der Waals surface area (Å²) in [7, 11) is -2.26. The molecule has 0 unspecified atom stereocenters. The second-order valence-electron chi connectivity index (χ2n) is 6.88. The Kier molecular flexibility index (Phi) is 7.16. The minimum Gasteiger partial charge on any atom is -0.496 e. The van der Waals surface area contributed by atoms with Gasteiger partial charge in [0.2, 0.25) is 10.0 Å². The summed E-state index contributed by atoms with van der Waals surface area (Å²) in [5, 5.41) is 0.591. The fourth-order valence-corrected chi connectivity index (χ4v) is 4.92. The average Bonchev–Trinajstić information content (AvgIpc) is 3.03. The van der Waals surface area contributed by atoms with Crippen LogP contribution < -0.4 is 4.74 Å². The van der Waals surface area contributed by atoms with Crippen LogP contribution in [0.15, 0.2) is 47.4 Å². The zero-order valence-electron chi connectivity index (χ0n) is 16.3. The topological polar surface area (TPSA) is 72.9 Å². The Bertz CT molecular complexity index is 952. The lowest BCUT2D eigenvalue weighted by Gasteiger charge is -2.20. The molecule has 1 fully saturated rings. The van der Waals surface area contributed by atoms with Crippen LogP contribution in [0.1, 0.15) is 41.6 Å². The Labute approximate surface area is 176 Å². The first-order valence-electron chi connectivity index (χ1n) is 9.51. The van der Waals surface area contributed by atoms with Crippen LogP contribution in [0.2, 0.25) is 5.02 Å². The summed E-state index contributed by atoms with van der Waals surface area (Å²) < 4.78 is 38.2. The van der Waals surface area contributed by atoms with Crippen LogP contribution in [0.5, 0.6) is 5.75 Å². The SMILES string of the molecule is COc1ccc(S(=O)(=O)N2CCCCCC2)cc1C(=O)OCc1ccc(Cl)cc1. The van der Waals surface area contributed by atoms with E-state index in [1.165, 1.54) is 29.6 Å². The van der Waals surface area contributed by atoms with Gasteiger partial charge in [-0.2, -0.15) is 4.31 Å². The molecule has 0 atom stereocenters. The van der Waals surface area contributed by atoms with Gasteiger partial charge in [0.15, 0.2) is 0 Å². The Morgan fingerprint density at radius 3 is 2.31 bits per heavy atom. The number of ether oxygens (including phenoxy) is 2. The maximum absolute atomic E-state index is 13.0. The molecule has 0 saturated carbocycles. The average molecular weight is 438 g/mol. The fourth-order valence-electron chi connectivity index (χ4n) is 3.25. The summed E-state index contributed by atoms with van der Waals surface area (Å²) in [6, 6.07) is 11.2. The van der Waals surface area contributed by atoms with E-state index in [2.05, 4.69) is 0 Å². The number of carbonyl (C=O) groups excluding carboxylic acids is 1. The minimum absolute atomic E-state index is 0.0439. The lowest BCUT2D eigenvalue weighted by atomic mass is 10.2. The molecule has 1 heterocycles. The molecule has 0 N–H and O–H groups in total. The Balaban J connectivity index is 1.82. The number of esters is 1. The van der Waals surface area contributed by atoms with E-state index in [4.69, 9.17) is 21.1 Å². The van der Waals surface area contributed by atoms with Gasteiger partial charge in [-0.15, -0.1) is 0 Å². The summed E-state index contributed by atoms with van der Waals surface area (Å²) in [6.45, 7) is 1.03. The summed E-state index contributed by atoms with van der Waals surface area (Å²) in [6.07, 6.45) is 3.73. The maximum Gasteiger partial charge on any atom is 0.342 e. The number of halogens is 1. The molecule has 2 aromatic rings. The van der Waals surface area contributed by atoms with Gasteiger partial charge in [-0.3, -0.25) is 0 Å². The first-order chi connectivity index (χ1) is 13.9. The minimum atomic E-state index is -3.68. The molecule has 0 radical (unpaired) electrons. The first kappa shape index (κ1) is 21.6. The molecule has 0 aromatic heterocycles. The molecule has 1 saturated heterocycles. The second-order valence-corrected chi connectivity index (χ2v) is 9.26. The standard InChI is InChI=1S/C21H24ClNO5S/c1-27-20-11-10-18(29(25,26)23-12-4-2-3-5-13-23)14-19(20)21(24)28-15-16-6-8-17(22)9-7-16/h6-11,14H,2-5,12-13,15H2,1H3. The molecule has 2 aromatic carbocycles. The zero-order chi connectivity index (χ0) is 20.9. The zero-order valence-corrected chi connectivity index (χ0v) is 17.8. The van der Waals surface area contributed by atoms with E-state index >= 15 is 0 Å². The highest BCUT2D eigenvalue weighted by atomic mass is 35.5. The van der Waals surface area contributed by atoms with Gasteiger partial charge >= 0.3 is 5.97 Å². The van der Waals surface area contributed by atoms with E-state index in [0.717, 1.165) is 31.2 Å². The van der Waals surface area contributed by atoms with Crippen molar-refractivity contribution in [3.63, 3.8) is 0 Å². The Hall–Kier alpha value is -2.09. The molecular weight excluding hydrogens is 414 g/mol. The number of carbonyl (C=O) groups is 1. The molecule has 3 rings (SSSR count). The predicted molar refractivity (Wildman–Crippen MR) is 111 cm³/mol. The number of nitrogens with zero attached hydrogens (tertiary/aromatic N) is 1. The molecule has 6 nitrogen and oxygen atoms in total. The largest absolute Gasteiger partial charge is 0.496 e. The van der Waals surface area contributed by atoms with E-state index in [0.29, 0.717) is 18.1 Å². The molecule has 1 aliphatic heterocycles. The Morgan fingerprint density at radius 2 is 1.69 bits per heavy atom. The number of methoxy groups -OCH3 is 1. The summed E-state index contributed by atoms with van der Waals surface area (Å²) in [5.74, 6) is -0.384. The highest BCUT2D eigenvalue weighted by Crippen LogP contribution is 2.27. The number of hydrogen-bond donors (Lipinski definition) is 0. The van der Waals surface area contributed by atoms with Crippen molar-refractivity contribution in [3.8, 4) is 5.75 Å². The lowest BCUT2D eigenvalue weighted by molar-refractivity contribution is 0.0468. The number of rotatable bonds is 6. The van der Waals surface area contributed by atoms with E-state index in [1.54, 1.807) is 24.3 Å². The predicted octanol–water partition coefficient (Wildman–Crippen LogP) is 4.27. The summed E-state index contributed by atoms with van der Waals surface area (Å²) >= 11 is 5.86. The van der Waals surface area contributed by atoms with E-state index < -0.39 is 16.0 Å². The van der Waals surface area contributed by atoms with Gasteiger partial charge < -0.3 is 9.47 Å². The van der Waals surface area contributed by atoms with Crippen molar-refractivity contribution in [2.75, 3.05) is 20.2 Å². The molecule has 1 aliphatic rings. The van der Waals surface area contributed by atoms with Crippen molar-refractivity contribution in [2.45, 2.75) is 37.2 Å². The number of benzene rings is 2. The third-order valence-electron chi connectivity index (χ3n) is 4.88. The van der Waals surface area contributed by atoms with Gasteiger partial charge in [0.05, 0.1) is 12.0 Å². The van der Waals surface area contributed by atoms with Gasteiger partial charge in [-0.05, 0) is 48.7 Å². The van der Waals surface area contributed by atoms with E-state index in [9.17, 15) is 13.2 Å². The molecule has 0 bridgehead atoms. The van der Waals surface area contributed by atoms with Crippen LogP contribution >= 0.6 is 11.6 Å². The smallest absolute Gasteiger partial charge is 0.342 e. The van der Waals surface area contributed by atoms with Crippen molar-refractivity contribution in [3.05, 3.63) is 58.6 Å². The lowest BCUT2D eigenvalue weighted by Crippen LogP contribution is -2.32. The normalized spacial score (nSPS) is 15.5. The van der Waals surface area contributed by atoms with Gasteiger partial charge in [-0.25, -0.2) is 13.2 Å². The molecular formula is C21H24ClNO5S. The summed E-state index contributed by atoms with van der Waals surface area (Å²) in [4.78, 5) is 12.7. The highest BCUT2D eigenvalue weighted by molar-refractivity contribution is 7.89. The van der Waals surface area contributed by atoms with Crippen LogP contribution in [-0.2, 0) is 21.4 Å². The maximum atomic E-state index is 13.0. The molecule has 0 aliphatic carbocycles. The molecule has 0 amide bonds. The van der Waals surface area contributed by atoms with Crippen LogP contribution in [0, 0.1) is 0 Å². The van der Waals surface area contributed by atoms with Gasteiger partial charge in [0.1, 0.15) is 17.9 Å². The number of sulfonamides is 1. The fraction of sp³-hybridized carbons (Fsp3) is 0.381. The van der Waals surface area contributed by atoms with Crippen molar-refractivity contribution >= 4 is 27.6 Å². The van der Waals surface area contributed by atoms with Crippen LogP contribution in [-0.4, -0.2) is 38.9 Å². The van der Waals surface area contributed by atoms with Crippen LogP contribution in [0.3, 0.4) is 0 Å². The monoisotopic (exact) mass is 437 g/mol. The van der Waals surface area contributed by atoms with Crippen molar-refractivity contribution in [2.24, 2.45) is 0 Å². The Morgan fingerprint density at radius 1 is 1.03 bits per heavy atom. The van der Waals surface area contributed by atoms with E-state index in [1.807, 2.05) is 0 Å². The van der Waals surface area contributed by atoms with E-state index in [-0.39, 0.29) is 22.8 Å². The molecule has 0 spiro atoms. The molecule has 156 valence electrons. The quantitative estimate of drug-likeness (QED) is 0.631. The number of hydrogen-bond acceptors (Lipinski definition) is 5. The van der Waals surface area contributed by atoms with Crippen molar-refractivity contribution in [1.29, 1.82) is 0 Å². The first-order valence-corrected chi connectivity index (χ1v) is 11.3. The molecule has 8 heteroatoms. The van der Waals surface area contributed by atoms with Crippen LogP contribution in [0.25, 0.3) is 0 Å². The van der Waals surface area contributed by atoms with Crippen LogP contribution in [0.4, 0.5) is 0 Å². The third-order valence-corrected chi connectivity index (χ3v) is 7.02. The van der Waals surface area contributed by atoms with Gasteiger partial charge in [0, 0.05) is 18.1 Å². The van der Waals surface area contributed by atoms with Gasteiger partial charge in [-0.1, -0.05) is 36.6 Å².